The summed E-state index contributed by atoms with van der Waals surface area (Å²) in [6, 6.07) is 17.5. The molecule has 0 N–H and O–H groups in total. The van der Waals surface area contributed by atoms with Crippen LogP contribution in [0, 0.1) is 0 Å². The van der Waals surface area contributed by atoms with Crippen molar-refractivity contribution < 1.29 is 8.78 Å². The third kappa shape index (κ3) is 2.67. The van der Waals surface area contributed by atoms with Gasteiger partial charge in [-0.25, -0.2) is 8.78 Å². The molecule has 98 valence electrons. The van der Waals surface area contributed by atoms with Crippen molar-refractivity contribution in [2.75, 3.05) is 0 Å². The first-order valence-electron chi connectivity index (χ1n) is 6.64. The molecule has 0 spiro atoms. The molecule has 0 saturated heterocycles. The summed E-state index contributed by atoms with van der Waals surface area (Å²) in [5.41, 5.74) is 3.02. The molecule has 0 heterocycles. The maximum absolute atomic E-state index is 13.8. The van der Waals surface area contributed by atoms with Crippen LogP contribution in [-0.2, 0) is 12.8 Å². The normalized spacial score (nSPS) is 20.8. The molecule has 0 aliphatic heterocycles. The molecule has 1 aliphatic carbocycles. The number of fused-ring (bicyclic) bond motifs is 1. The van der Waals surface area contributed by atoms with Gasteiger partial charge in [-0.3, -0.25) is 0 Å². The molecule has 0 amide bonds. The minimum atomic E-state index is -2.58. The van der Waals surface area contributed by atoms with Crippen LogP contribution in [-0.4, -0.2) is 5.92 Å². The van der Waals surface area contributed by atoms with E-state index >= 15 is 0 Å². The van der Waals surface area contributed by atoms with E-state index in [1.165, 1.54) is 0 Å². The Hall–Kier alpha value is -1.70. The van der Waals surface area contributed by atoms with Gasteiger partial charge >= 0.3 is 0 Å². The standard InChI is InChI=1S/C17H16F2/c18-17(19)11-14-8-4-5-9-16(14)15(12-17)10-13-6-2-1-3-7-13/h1-9,15H,10-12H2. The lowest BCUT2D eigenvalue weighted by atomic mass is 9.78. The van der Waals surface area contributed by atoms with Gasteiger partial charge in [0, 0.05) is 12.8 Å². The first-order valence-corrected chi connectivity index (χ1v) is 6.64. The van der Waals surface area contributed by atoms with Crippen molar-refractivity contribution in [3.8, 4) is 0 Å². The molecule has 3 rings (SSSR count). The van der Waals surface area contributed by atoms with Crippen molar-refractivity contribution in [1.29, 1.82) is 0 Å². The Balaban J connectivity index is 1.93. The van der Waals surface area contributed by atoms with Crippen LogP contribution in [0.15, 0.2) is 54.6 Å². The lowest BCUT2D eigenvalue weighted by Gasteiger charge is -2.31. The van der Waals surface area contributed by atoms with E-state index in [1.807, 2.05) is 54.6 Å². The summed E-state index contributed by atoms with van der Waals surface area (Å²) in [7, 11) is 0. The Morgan fingerprint density at radius 2 is 1.63 bits per heavy atom. The first-order chi connectivity index (χ1) is 9.14. The highest BCUT2D eigenvalue weighted by Gasteiger charge is 2.39. The largest absolute Gasteiger partial charge is 0.252 e. The third-order valence-electron chi connectivity index (χ3n) is 3.81. The molecule has 0 radical (unpaired) electrons. The average molecular weight is 258 g/mol. The summed E-state index contributed by atoms with van der Waals surface area (Å²) in [6.45, 7) is 0. The zero-order valence-corrected chi connectivity index (χ0v) is 10.7. The predicted molar refractivity (Wildman–Crippen MR) is 72.6 cm³/mol. The van der Waals surface area contributed by atoms with E-state index in [0.29, 0.717) is 6.42 Å². The number of alkyl halides is 2. The molecule has 1 atom stereocenters. The van der Waals surface area contributed by atoms with Crippen LogP contribution in [0.2, 0.25) is 0 Å². The van der Waals surface area contributed by atoms with Crippen LogP contribution in [0.1, 0.15) is 29.0 Å². The fourth-order valence-electron chi connectivity index (χ4n) is 3.00. The molecule has 2 aromatic carbocycles. The van der Waals surface area contributed by atoms with E-state index in [0.717, 1.165) is 16.7 Å². The number of halogens is 2. The fourth-order valence-corrected chi connectivity index (χ4v) is 3.00. The zero-order chi connectivity index (χ0) is 13.3. The van der Waals surface area contributed by atoms with Crippen LogP contribution in [0.4, 0.5) is 8.78 Å². The van der Waals surface area contributed by atoms with Gasteiger partial charge in [-0.15, -0.1) is 0 Å². The summed E-state index contributed by atoms with van der Waals surface area (Å²) in [4.78, 5) is 0. The molecular formula is C17H16F2. The SMILES string of the molecule is FC1(F)Cc2ccccc2C(Cc2ccccc2)C1. The average Bonchev–Trinajstić information content (AvgIpc) is 2.38. The maximum atomic E-state index is 13.8. The number of hydrogen-bond acceptors (Lipinski definition) is 0. The lowest BCUT2D eigenvalue weighted by Crippen LogP contribution is -2.29. The Bertz CT molecular complexity index is 560. The van der Waals surface area contributed by atoms with Crippen molar-refractivity contribution in [2.45, 2.75) is 31.1 Å². The summed E-state index contributed by atoms with van der Waals surface area (Å²) < 4.78 is 27.7. The van der Waals surface area contributed by atoms with E-state index in [-0.39, 0.29) is 18.8 Å². The van der Waals surface area contributed by atoms with E-state index in [2.05, 4.69) is 0 Å². The number of benzene rings is 2. The third-order valence-corrected chi connectivity index (χ3v) is 3.81. The summed E-state index contributed by atoms with van der Waals surface area (Å²) in [6.07, 6.45) is 0.529. The second kappa shape index (κ2) is 4.76. The second-order valence-electron chi connectivity index (χ2n) is 5.32. The summed E-state index contributed by atoms with van der Waals surface area (Å²) >= 11 is 0. The highest BCUT2D eigenvalue weighted by molar-refractivity contribution is 5.35. The van der Waals surface area contributed by atoms with Gasteiger partial charge in [0.25, 0.3) is 5.92 Å². The molecule has 0 aromatic heterocycles. The van der Waals surface area contributed by atoms with E-state index in [4.69, 9.17) is 0 Å². The van der Waals surface area contributed by atoms with Crippen LogP contribution >= 0.6 is 0 Å². The van der Waals surface area contributed by atoms with Crippen LogP contribution in [0.25, 0.3) is 0 Å². The maximum Gasteiger partial charge on any atom is 0.252 e. The fraction of sp³-hybridized carbons (Fsp3) is 0.294. The molecular weight excluding hydrogens is 242 g/mol. The molecule has 0 fully saturated rings. The smallest absolute Gasteiger partial charge is 0.206 e. The van der Waals surface area contributed by atoms with Crippen LogP contribution in [0.5, 0.6) is 0 Å². The van der Waals surface area contributed by atoms with Crippen LogP contribution < -0.4 is 0 Å². The quantitative estimate of drug-likeness (QED) is 0.738. The Morgan fingerprint density at radius 1 is 0.947 bits per heavy atom. The van der Waals surface area contributed by atoms with Crippen molar-refractivity contribution >= 4 is 0 Å². The predicted octanol–water partition coefficient (Wildman–Crippen LogP) is 4.59. The molecule has 19 heavy (non-hydrogen) atoms. The molecule has 0 bridgehead atoms. The van der Waals surface area contributed by atoms with Crippen LogP contribution in [0.3, 0.4) is 0 Å². The molecule has 0 saturated carbocycles. The molecule has 1 unspecified atom stereocenters. The van der Waals surface area contributed by atoms with Crippen molar-refractivity contribution in [3.05, 3.63) is 71.3 Å². The van der Waals surface area contributed by atoms with E-state index in [1.54, 1.807) is 0 Å². The van der Waals surface area contributed by atoms with Gasteiger partial charge in [-0.05, 0) is 29.0 Å². The topological polar surface area (TPSA) is 0 Å². The Morgan fingerprint density at radius 3 is 2.42 bits per heavy atom. The van der Waals surface area contributed by atoms with Gasteiger partial charge < -0.3 is 0 Å². The molecule has 2 heteroatoms. The Labute approximate surface area is 112 Å². The van der Waals surface area contributed by atoms with Crippen molar-refractivity contribution in [3.63, 3.8) is 0 Å². The van der Waals surface area contributed by atoms with Gasteiger partial charge in [0.15, 0.2) is 0 Å². The minimum absolute atomic E-state index is 0.0428. The molecule has 1 aliphatic rings. The van der Waals surface area contributed by atoms with Gasteiger partial charge in [0.05, 0.1) is 0 Å². The molecule has 2 aromatic rings. The van der Waals surface area contributed by atoms with E-state index < -0.39 is 5.92 Å². The summed E-state index contributed by atoms with van der Waals surface area (Å²) in [5, 5.41) is 0. The van der Waals surface area contributed by atoms with Gasteiger partial charge in [0.1, 0.15) is 0 Å². The first kappa shape index (κ1) is 12.3. The Kier molecular flexibility index (Phi) is 3.09. The van der Waals surface area contributed by atoms with Crippen molar-refractivity contribution in [2.24, 2.45) is 0 Å². The zero-order valence-electron chi connectivity index (χ0n) is 10.7. The lowest BCUT2D eigenvalue weighted by molar-refractivity contribution is -0.0205. The highest BCUT2D eigenvalue weighted by atomic mass is 19.3. The second-order valence-corrected chi connectivity index (χ2v) is 5.32. The highest BCUT2D eigenvalue weighted by Crippen LogP contribution is 2.41. The summed E-state index contributed by atoms with van der Waals surface area (Å²) in [5.74, 6) is -2.66. The number of hydrogen-bond donors (Lipinski definition) is 0. The molecule has 0 nitrogen and oxygen atoms in total. The van der Waals surface area contributed by atoms with Gasteiger partial charge in [0.2, 0.25) is 0 Å². The minimum Gasteiger partial charge on any atom is -0.206 e. The number of rotatable bonds is 2. The van der Waals surface area contributed by atoms with Gasteiger partial charge in [-0.2, -0.15) is 0 Å². The van der Waals surface area contributed by atoms with Gasteiger partial charge in [-0.1, -0.05) is 54.6 Å². The monoisotopic (exact) mass is 258 g/mol. The van der Waals surface area contributed by atoms with Crippen molar-refractivity contribution in [1.82, 2.24) is 0 Å². The van der Waals surface area contributed by atoms with E-state index in [9.17, 15) is 8.78 Å².